The Morgan fingerprint density at radius 2 is 2.33 bits per heavy atom. The number of nitrogens with zero attached hydrogens (tertiary/aromatic N) is 4. The molecule has 0 saturated carbocycles. The largest absolute Gasteiger partial charge is 0.311 e. The first kappa shape index (κ1) is 14.9. The van der Waals surface area contributed by atoms with E-state index in [4.69, 9.17) is 0 Å². The fraction of sp³-hybridized carbons (Fsp3) is 0.692. The summed E-state index contributed by atoms with van der Waals surface area (Å²) in [7, 11) is 0. The Kier molecular flexibility index (Phi) is 7.29. The van der Waals surface area contributed by atoms with Gasteiger partial charge in [0, 0.05) is 25.8 Å². The summed E-state index contributed by atoms with van der Waals surface area (Å²) in [6.07, 6.45) is 5.09. The first-order valence-electron chi connectivity index (χ1n) is 6.73. The molecule has 0 aliphatic carbocycles. The maximum atomic E-state index is 4.15. The molecule has 102 valence electrons. The number of hydrogen-bond donors (Lipinski definition) is 1. The second-order valence-corrected chi connectivity index (χ2v) is 4.33. The third-order valence-corrected chi connectivity index (χ3v) is 2.80. The topological polar surface area (TPSA) is 46.0 Å². The molecule has 0 saturated heterocycles. The Morgan fingerprint density at radius 3 is 3.00 bits per heavy atom. The highest BCUT2D eigenvalue weighted by molar-refractivity contribution is 4.91. The molecule has 5 heteroatoms. The van der Waals surface area contributed by atoms with Crippen LogP contribution in [0.4, 0.5) is 0 Å². The van der Waals surface area contributed by atoms with Gasteiger partial charge in [-0.1, -0.05) is 25.1 Å². The normalized spacial score (nSPS) is 11.1. The molecule has 1 aromatic rings. The molecule has 0 aliphatic rings. The predicted molar refractivity (Wildman–Crippen MR) is 74.3 cm³/mol. The highest BCUT2D eigenvalue weighted by Gasteiger charge is 2.03. The van der Waals surface area contributed by atoms with Gasteiger partial charge in [-0.2, -0.15) is 0 Å². The Labute approximate surface area is 110 Å². The first-order chi connectivity index (χ1) is 8.80. The zero-order valence-corrected chi connectivity index (χ0v) is 11.6. The maximum absolute atomic E-state index is 4.15. The van der Waals surface area contributed by atoms with Gasteiger partial charge in [-0.15, -0.1) is 11.7 Å². The fourth-order valence-electron chi connectivity index (χ4n) is 1.73. The van der Waals surface area contributed by atoms with E-state index in [2.05, 4.69) is 41.0 Å². The van der Waals surface area contributed by atoms with Crippen molar-refractivity contribution in [1.29, 1.82) is 0 Å². The van der Waals surface area contributed by atoms with Crippen LogP contribution in [0, 0.1) is 0 Å². The Bertz CT molecular complexity index is 334. The lowest BCUT2D eigenvalue weighted by atomic mass is 10.4. The lowest BCUT2D eigenvalue weighted by Gasteiger charge is -2.17. The van der Waals surface area contributed by atoms with Crippen LogP contribution in [0.1, 0.15) is 26.0 Å². The van der Waals surface area contributed by atoms with E-state index in [0.29, 0.717) is 0 Å². The van der Waals surface area contributed by atoms with Gasteiger partial charge in [0.1, 0.15) is 0 Å². The van der Waals surface area contributed by atoms with Crippen LogP contribution in [0.3, 0.4) is 0 Å². The van der Waals surface area contributed by atoms with Crippen LogP contribution < -0.4 is 5.32 Å². The SMILES string of the molecule is C=CCN(CC)CCn1cc(CNCCC)nn1. The molecule has 1 rings (SSSR count). The summed E-state index contributed by atoms with van der Waals surface area (Å²) in [5.41, 5.74) is 1.01. The second kappa shape index (κ2) is 8.83. The lowest BCUT2D eigenvalue weighted by molar-refractivity contribution is 0.297. The summed E-state index contributed by atoms with van der Waals surface area (Å²) >= 11 is 0. The summed E-state index contributed by atoms with van der Waals surface area (Å²) in [4.78, 5) is 2.32. The zero-order chi connectivity index (χ0) is 13.2. The van der Waals surface area contributed by atoms with Crippen molar-refractivity contribution < 1.29 is 0 Å². The van der Waals surface area contributed by atoms with Crippen LogP contribution in [0.2, 0.25) is 0 Å². The molecule has 0 fully saturated rings. The molecule has 0 radical (unpaired) electrons. The fourth-order valence-corrected chi connectivity index (χ4v) is 1.73. The standard InChI is InChI=1S/C13H25N5/c1-4-7-14-11-13-12-18(16-15-13)10-9-17(6-3)8-5-2/h5,12,14H,2,4,6-11H2,1,3H3. The molecule has 0 aliphatic heterocycles. The van der Waals surface area contributed by atoms with Gasteiger partial charge in [0.15, 0.2) is 0 Å². The van der Waals surface area contributed by atoms with Crippen molar-refractivity contribution >= 4 is 0 Å². The molecule has 1 N–H and O–H groups in total. The van der Waals surface area contributed by atoms with Crippen molar-refractivity contribution in [1.82, 2.24) is 25.2 Å². The van der Waals surface area contributed by atoms with Gasteiger partial charge < -0.3 is 5.32 Å². The van der Waals surface area contributed by atoms with Gasteiger partial charge in [0.2, 0.25) is 0 Å². The van der Waals surface area contributed by atoms with E-state index in [1.165, 1.54) is 0 Å². The van der Waals surface area contributed by atoms with Crippen LogP contribution in [-0.2, 0) is 13.1 Å². The molecule has 0 bridgehead atoms. The third kappa shape index (κ3) is 5.42. The minimum Gasteiger partial charge on any atom is -0.311 e. The third-order valence-electron chi connectivity index (χ3n) is 2.80. The van der Waals surface area contributed by atoms with Crippen molar-refractivity contribution in [3.8, 4) is 0 Å². The molecule has 1 heterocycles. The molecular formula is C13H25N5. The number of hydrogen-bond acceptors (Lipinski definition) is 4. The predicted octanol–water partition coefficient (Wildman–Crippen LogP) is 1.29. The monoisotopic (exact) mass is 251 g/mol. The molecule has 0 amide bonds. The molecule has 0 aromatic carbocycles. The molecule has 1 aromatic heterocycles. The quantitative estimate of drug-likeness (QED) is 0.503. The average molecular weight is 251 g/mol. The van der Waals surface area contributed by atoms with Crippen molar-refractivity contribution in [3.05, 3.63) is 24.5 Å². The minimum absolute atomic E-state index is 0.804. The molecular weight excluding hydrogens is 226 g/mol. The van der Waals surface area contributed by atoms with E-state index in [-0.39, 0.29) is 0 Å². The second-order valence-electron chi connectivity index (χ2n) is 4.33. The molecule has 5 nitrogen and oxygen atoms in total. The summed E-state index contributed by atoms with van der Waals surface area (Å²) in [6.45, 7) is 13.7. The van der Waals surface area contributed by atoms with Crippen LogP contribution in [0.15, 0.2) is 18.9 Å². The van der Waals surface area contributed by atoms with Crippen molar-refractivity contribution in [3.63, 3.8) is 0 Å². The zero-order valence-electron chi connectivity index (χ0n) is 11.6. The van der Waals surface area contributed by atoms with Crippen LogP contribution in [-0.4, -0.2) is 46.1 Å². The summed E-state index contributed by atoms with van der Waals surface area (Å²) in [5, 5.41) is 11.6. The van der Waals surface area contributed by atoms with Gasteiger partial charge >= 0.3 is 0 Å². The van der Waals surface area contributed by atoms with Crippen LogP contribution >= 0.6 is 0 Å². The summed E-state index contributed by atoms with van der Waals surface area (Å²) < 4.78 is 1.91. The van der Waals surface area contributed by atoms with Gasteiger partial charge in [-0.05, 0) is 19.5 Å². The van der Waals surface area contributed by atoms with E-state index in [1.54, 1.807) is 0 Å². The number of nitrogens with one attached hydrogen (secondary N) is 1. The van der Waals surface area contributed by atoms with Gasteiger partial charge in [-0.25, -0.2) is 0 Å². The number of likely N-dealkylation sites (N-methyl/N-ethyl adjacent to an activating group) is 1. The van der Waals surface area contributed by atoms with E-state index in [9.17, 15) is 0 Å². The number of aromatic nitrogens is 3. The minimum atomic E-state index is 0.804. The Hall–Kier alpha value is -1.20. The highest BCUT2D eigenvalue weighted by atomic mass is 15.4. The van der Waals surface area contributed by atoms with Crippen molar-refractivity contribution in [2.24, 2.45) is 0 Å². The van der Waals surface area contributed by atoms with Crippen molar-refractivity contribution in [2.45, 2.75) is 33.4 Å². The number of rotatable bonds is 10. The van der Waals surface area contributed by atoms with E-state index < -0.39 is 0 Å². The summed E-state index contributed by atoms with van der Waals surface area (Å²) in [5.74, 6) is 0. The molecule has 0 unspecified atom stereocenters. The molecule has 18 heavy (non-hydrogen) atoms. The van der Waals surface area contributed by atoms with E-state index in [0.717, 1.165) is 51.4 Å². The van der Waals surface area contributed by atoms with Gasteiger partial charge in [0.25, 0.3) is 0 Å². The lowest BCUT2D eigenvalue weighted by Crippen LogP contribution is -2.27. The average Bonchev–Trinajstić information content (AvgIpc) is 2.83. The van der Waals surface area contributed by atoms with E-state index >= 15 is 0 Å². The first-order valence-corrected chi connectivity index (χ1v) is 6.73. The van der Waals surface area contributed by atoms with Gasteiger partial charge in [0.05, 0.1) is 12.2 Å². The molecule has 0 atom stereocenters. The maximum Gasteiger partial charge on any atom is 0.0964 e. The Balaban J connectivity index is 2.31. The smallest absolute Gasteiger partial charge is 0.0964 e. The van der Waals surface area contributed by atoms with Crippen LogP contribution in [0.5, 0.6) is 0 Å². The van der Waals surface area contributed by atoms with E-state index in [1.807, 2.05) is 17.0 Å². The van der Waals surface area contributed by atoms with Crippen molar-refractivity contribution in [2.75, 3.05) is 26.2 Å². The molecule has 0 spiro atoms. The summed E-state index contributed by atoms with van der Waals surface area (Å²) in [6, 6.07) is 0. The Morgan fingerprint density at radius 1 is 1.50 bits per heavy atom. The highest BCUT2D eigenvalue weighted by Crippen LogP contribution is 1.95. The van der Waals surface area contributed by atoms with Gasteiger partial charge in [-0.3, -0.25) is 9.58 Å². The van der Waals surface area contributed by atoms with Crippen LogP contribution in [0.25, 0.3) is 0 Å².